The molecule has 0 saturated carbocycles. The van der Waals surface area contributed by atoms with Gasteiger partial charge in [0, 0.05) is 6.04 Å². The number of anilines is 1. The second kappa shape index (κ2) is 9.60. The van der Waals surface area contributed by atoms with Gasteiger partial charge in [-0.3, -0.25) is 0 Å². The molecule has 7 heteroatoms. The molecule has 166 valence electrons. The maximum absolute atomic E-state index is 13.3. The second-order valence-corrected chi connectivity index (χ2v) is 7.72. The molecule has 0 aromatic heterocycles. The van der Waals surface area contributed by atoms with Crippen molar-refractivity contribution in [2.24, 2.45) is 0 Å². The van der Waals surface area contributed by atoms with Crippen LogP contribution in [0.1, 0.15) is 16.7 Å². The van der Waals surface area contributed by atoms with Gasteiger partial charge < -0.3 is 24.8 Å². The fourth-order valence-corrected chi connectivity index (χ4v) is 3.69. The van der Waals surface area contributed by atoms with Gasteiger partial charge in [0.05, 0.1) is 12.8 Å². The highest BCUT2D eigenvalue weighted by Crippen LogP contribution is 2.33. The molecule has 1 heterocycles. The predicted molar refractivity (Wildman–Crippen MR) is 120 cm³/mol. The van der Waals surface area contributed by atoms with E-state index >= 15 is 0 Å². The van der Waals surface area contributed by atoms with E-state index in [0.29, 0.717) is 35.8 Å². The van der Waals surface area contributed by atoms with Crippen molar-refractivity contribution in [1.29, 1.82) is 0 Å². The number of methoxy groups -OCH3 is 1. The number of benzene rings is 3. The number of carbonyl (C=O) groups is 1. The molecule has 1 aliphatic heterocycles. The number of amides is 2. The lowest BCUT2D eigenvalue weighted by Gasteiger charge is -2.20. The molecule has 32 heavy (non-hydrogen) atoms. The van der Waals surface area contributed by atoms with Crippen molar-refractivity contribution >= 4 is 11.7 Å². The summed E-state index contributed by atoms with van der Waals surface area (Å²) in [7, 11) is 1.56. The summed E-state index contributed by atoms with van der Waals surface area (Å²) in [6.45, 7) is 2.15. The maximum atomic E-state index is 13.3. The number of hydrogen-bond acceptors (Lipinski definition) is 4. The number of hydrogen-bond donors (Lipinski definition) is 2. The van der Waals surface area contributed by atoms with E-state index in [1.54, 1.807) is 19.2 Å². The van der Waals surface area contributed by atoms with Crippen molar-refractivity contribution in [2.45, 2.75) is 25.8 Å². The fraction of sp³-hybridized carbons (Fsp3) is 0.240. The number of fused-ring (bicyclic) bond motifs is 1. The number of nitrogens with one attached hydrogen (secondary N) is 2. The summed E-state index contributed by atoms with van der Waals surface area (Å²) in [6, 6.07) is 17.0. The summed E-state index contributed by atoms with van der Waals surface area (Å²) >= 11 is 0. The molecule has 3 aromatic carbocycles. The Kier molecular flexibility index (Phi) is 6.44. The summed E-state index contributed by atoms with van der Waals surface area (Å²) in [5.74, 6) is 1.69. The van der Waals surface area contributed by atoms with Gasteiger partial charge in [0.1, 0.15) is 11.6 Å². The summed E-state index contributed by atoms with van der Waals surface area (Å²) in [5, 5.41) is 5.92. The summed E-state index contributed by atoms with van der Waals surface area (Å²) in [4.78, 5) is 12.8. The predicted octanol–water partition coefficient (Wildman–Crippen LogP) is 4.85. The van der Waals surface area contributed by atoms with Crippen LogP contribution in [-0.4, -0.2) is 26.0 Å². The minimum Gasteiger partial charge on any atom is -0.495 e. The molecular formula is C25H25FN2O4. The van der Waals surface area contributed by atoms with Crippen LogP contribution in [0.2, 0.25) is 0 Å². The van der Waals surface area contributed by atoms with Crippen molar-refractivity contribution in [3.63, 3.8) is 0 Å². The lowest BCUT2D eigenvalue weighted by Crippen LogP contribution is -2.40. The van der Waals surface area contributed by atoms with Crippen LogP contribution in [-0.2, 0) is 12.8 Å². The maximum Gasteiger partial charge on any atom is 0.319 e. The van der Waals surface area contributed by atoms with Crippen LogP contribution in [0.3, 0.4) is 0 Å². The van der Waals surface area contributed by atoms with Crippen molar-refractivity contribution in [3.05, 3.63) is 83.2 Å². The Balaban J connectivity index is 1.51. The molecule has 2 amide bonds. The third-order valence-corrected chi connectivity index (χ3v) is 5.25. The van der Waals surface area contributed by atoms with Crippen LogP contribution in [0, 0.1) is 12.7 Å². The molecule has 2 N–H and O–H groups in total. The number of halogens is 1. The van der Waals surface area contributed by atoms with E-state index in [2.05, 4.69) is 10.6 Å². The Hall–Kier alpha value is -3.74. The van der Waals surface area contributed by atoms with Gasteiger partial charge in [-0.1, -0.05) is 24.3 Å². The van der Waals surface area contributed by atoms with Crippen LogP contribution in [0.4, 0.5) is 14.9 Å². The average molecular weight is 436 g/mol. The van der Waals surface area contributed by atoms with Gasteiger partial charge >= 0.3 is 6.03 Å². The Morgan fingerprint density at radius 2 is 1.72 bits per heavy atom. The van der Waals surface area contributed by atoms with Gasteiger partial charge in [0.25, 0.3) is 0 Å². The highest BCUT2D eigenvalue weighted by molar-refractivity contribution is 5.91. The van der Waals surface area contributed by atoms with Crippen LogP contribution in [0.25, 0.3) is 0 Å². The largest absolute Gasteiger partial charge is 0.495 e. The highest BCUT2D eigenvalue weighted by atomic mass is 19.1. The lowest BCUT2D eigenvalue weighted by atomic mass is 9.98. The smallest absolute Gasteiger partial charge is 0.319 e. The Labute approximate surface area is 186 Å². The third-order valence-electron chi connectivity index (χ3n) is 5.25. The molecule has 1 atom stereocenters. The molecule has 0 radical (unpaired) electrons. The molecule has 0 saturated heterocycles. The number of carbonyl (C=O) groups excluding carboxylic acids is 1. The average Bonchev–Trinajstić information content (AvgIpc) is 3.23. The minimum atomic E-state index is -0.346. The Morgan fingerprint density at radius 3 is 2.50 bits per heavy atom. The van der Waals surface area contributed by atoms with E-state index in [1.165, 1.54) is 12.1 Å². The van der Waals surface area contributed by atoms with Crippen molar-refractivity contribution in [1.82, 2.24) is 5.32 Å². The number of aryl methyl sites for hydroxylation is 1. The first-order valence-electron chi connectivity index (χ1n) is 10.4. The monoisotopic (exact) mass is 436 g/mol. The van der Waals surface area contributed by atoms with E-state index < -0.39 is 0 Å². The summed E-state index contributed by atoms with van der Waals surface area (Å²) in [6.07, 6.45) is 1.10. The zero-order chi connectivity index (χ0) is 22.5. The van der Waals surface area contributed by atoms with Crippen molar-refractivity contribution in [3.8, 4) is 17.2 Å². The molecule has 0 bridgehead atoms. The first kappa shape index (κ1) is 21.5. The van der Waals surface area contributed by atoms with Gasteiger partial charge in [-0.15, -0.1) is 0 Å². The molecule has 0 aliphatic carbocycles. The SMILES string of the molecule is COc1ccc(C)cc1NC(=O)NC(Cc1ccc(F)cc1)Cc1ccc2c(c1)OCO2. The quantitative estimate of drug-likeness (QED) is 0.556. The van der Waals surface area contributed by atoms with Crippen LogP contribution < -0.4 is 24.8 Å². The highest BCUT2D eigenvalue weighted by Gasteiger charge is 2.18. The zero-order valence-corrected chi connectivity index (χ0v) is 18.0. The van der Waals surface area contributed by atoms with Gasteiger partial charge in [-0.05, 0) is 72.9 Å². The number of rotatable bonds is 7. The van der Waals surface area contributed by atoms with Gasteiger partial charge in [0.15, 0.2) is 11.5 Å². The van der Waals surface area contributed by atoms with Crippen molar-refractivity contribution in [2.75, 3.05) is 19.2 Å². The van der Waals surface area contributed by atoms with Crippen molar-refractivity contribution < 1.29 is 23.4 Å². The number of urea groups is 1. The standard InChI is InChI=1S/C25H25FN2O4/c1-16-3-9-22(30-2)21(11-16)28-25(29)27-20(12-17-4-7-19(26)8-5-17)13-18-6-10-23-24(14-18)32-15-31-23/h3-11,14,20H,12-13,15H2,1-2H3,(H2,27,28,29). The lowest BCUT2D eigenvalue weighted by molar-refractivity contribution is 0.174. The van der Waals surface area contributed by atoms with Crippen LogP contribution in [0.5, 0.6) is 17.2 Å². The third kappa shape index (κ3) is 5.29. The van der Waals surface area contributed by atoms with E-state index in [4.69, 9.17) is 14.2 Å². The van der Waals surface area contributed by atoms with E-state index in [0.717, 1.165) is 16.7 Å². The minimum absolute atomic E-state index is 0.205. The van der Waals surface area contributed by atoms with E-state index in [1.807, 2.05) is 43.3 Å². The molecular weight excluding hydrogens is 411 g/mol. The summed E-state index contributed by atoms with van der Waals surface area (Å²) in [5.41, 5.74) is 3.51. The molecule has 1 unspecified atom stereocenters. The fourth-order valence-electron chi connectivity index (χ4n) is 3.69. The molecule has 0 spiro atoms. The van der Waals surface area contributed by atoms with Crippen LogP contribution in [0.15, 0.2) is 60.7 Å². The van der Waals surface area contributed by atoms with Gasteiger partial charge in [-0.2, -0.15) is 0 Å². The Bertz CT molecular complexity index is 1100. The topological polar surface area (TPSA) is 68.8 Å². The first-order chi connectivity index (χ1) is 15.5. The van der Waals surface area contributed by atoms with E-state index in [9.17, 15) is 9.18 Å². The number of ether oxygens (including phenoxy) is 3. The normalized spacial score (nSPS) is 12.8. The van der Waals surface area contributed by atoms with Crippen LogP contribution >= 0.6 is 0 Å². The molecule has 6 nitrogen and oxygen atoms in total. The Morgan fingerprint density at radius 1 is 1.00 bits per heavy atom. The van der Waals surface area contributed by atoms with E-state index in [-0.39, 0.29) is 24.7 Å². The molecule has 0 fully saturated rings. The second-order valence-electron chi connectivity index (χ2n) is 7.72. The molecule has 4 rings (SSSR count). The molecule has 3 aromatic rings. The van der Waals surface area contributed by atoms with Gasteiger partial charge in [0.2, 0.25) is 6.79 Å². The van der Waals surface area contributed by atoms with Gasteiger partial charge in [-0.25, -0.2) is 9.18 Å². The zero-order valence-electron chi connectivity index (χ0n) is 18.0. The molecule has 1 aliphatic rings. The first-order valence-corrected chi connectivity index (χ1v) is 10.4. The summed E-state index contributed by atoms with van der Waals surface area (Å²) < 4.78 is 29.5.